The van der Waals surface area contributed by atoms with Crippen LogP contribution < -0.4 is 0 Å². The minimum absolute atomic E-state index is 0.666. The van der Waals surface area contributed by atoms with E-state index in [4.69, 9.17) is 0 Å². The molecule has 0 aliphatic heterocycles. The molecule has 0 atom stereocenters. The maximum atomic E-state index is 12.4. The summed E-state index contributed by atoms with van der Waals surface area (Å²) < 4.78 is 84.3. The third-order valence-corrected chi connectivity index (χ3v) is 3.23. The lowest BCUT2D eigenvalue weighted by Gasteiger charge is -2.07. The largest absolute Gasteiger partial charge is 0.376 e. The first kappa shape index (κ1) is 33.3. The number of rotatable bonds is 12. The Morgan fingerprint density at radius 3 is 1.30 bits per heavy atom. The van der Waals surface area contributed by atoms with Crippen molar-refractivity contribution in [3.8, 4) is 0 Å². The van der Waals surface area contributed by atoms with Crippen LogP contribution in [-0.4, -0.2) is 39.7 Å². The summed E-state index contributed by atoms with van der Waals surface area (Å²) in [5.41, 5.74) is 0. The number of hydrogen-bond acceptors (Lipinski definition) is 3. The van der Waals surface area contributed by atoms with Crippen molar-refractivity contribution in [3.05, 3.63) is 36.5 Å². The zero-order chi connectivity index (χ0) is 24.1. The van der Waals surface area contributed by atoms with Crippen molar-refractivity contribution >= 4 is 0 Å². The Bertz CT molecular complexity index is 464. The van der Waals surface area contributed by atoms with E-state index < -0.39 is 18.3 Å². The Morgan fingerprint density at radius 1 is 0.600 bits per heavy atom. The summed E-state index contributed by atoms with van der Waals surface area (Å²) >= 11 is 0. The number of alkyl halides is 6. The van der Waals surface area contributed by atoms with E-state index in [0.29, 0.717) is 18.9 Å². The van der Waals surface area contributed by atoms with Gasteiger partial charge in [-0.2, -0.15) is 26.3 Å². The van der Waals surface area contributed by atoms with E-state index in [1.54, 1.807) is 0 Å². The Hall–Kier alpha value is -1.32. The second kappa shape index (κ2) is 19.6. The van der Waals surface area contributed by atoms with Crippen molar-refractivity contribution in [2.24, 2.45) is 0 Å². The minimum atomic E-state index is -3.09. The molecule has 0 bridgehead atoms. The lowest BCUT2D eigenvalue weighted by atomic mass is 10.2. The van der Waals surface area contributed by atoms with Gasteiger partial charge in [-0.05, 0) is 26.2 Å². The normalized spacial score (nSPS) is 12.8. The van der Waals surface area contributed by atoms with Gasteiger partial charge in [-0.1, -0.05) is 51.3 Å². The van der Waals surface area contributed by atoms with Gasteiger partial charge in [0.1, 0.15) is 0 Å². The predicted octanol–water partition coefficient (Wildman–Crippen LogP) is 7.75. The monoisotopic (exact) mass is 450 g/mol. The second-order valence-corrected chi connectivity index (χ2v) is 5.89. The summed E-state index contributed by atoms with van der Waals surface area (Å²) in [6.07, 6.45) is 2.53. The van der Waals surface area contributed by atoms with E-state index in [0.717, 1.165) is 59.2 Å². The Balaban J connectivity index is -0.000000372. The van der Waals surface area contributed by atoms with Crippen LogP contribution in [0.15, 0.2) is 36.5 Å². The number of methoxy groups -OCH3 is 3. The smallest absolute Gasteiger partial charge is 0.320 e. The molecule has 0 amide bonds. The third-order valence-electron chi connectivity index (χ3n) is 3.23. The molecule has 0 aromatic heterocycles. The van der Waals surface area contributed by atoms with Crippen LogP contribution >= 0.6 is 0 Å². The van der Waals surface area contributed by atoms with E-state index in [1.807, 2.05) is 6.92 Å². The predicted molar refractivity (Wildman–Crippen MR) is 108 cm³/mol. The Morgan fingerprint density at radius 2 is 1.00 bits per heavy atom. The number of unbranched alkanes of at least 4 members (excludes halogenated alkanes) is 4. The molecule has 0 aliphatic carbocycles. The first-order valence-electron chi connectivity index (χ1n) is 9.65. The van der Waals surface area contributed by atoms with Crippen LogP contribution in [0.3, 0.4) is 0 Å². The maximum absolute atomic E-state index is 12.4. The fourth-order valence-electron chi connectivity index (χ4n) is 1.52. The first-order chi connectivity index (χ1) is 13.9. The van der Waals surface area contributed by atoms with Crippen molar-refractivity contribution < 1.29 is 40.6 Å². The summed E-state index contributed by atoms with van der Waals surface area (Å²) in [6.45, 7) is 5.51. The Labute approximate surface area is 176 Å². The molecule has 0 saturated carbocycles. The van der Waals surface area contributed by atoms with Crippen LogP contribution in [0.25, 0.3) is 0 Å². The molecule has 0 unspecified atom stereocenters. The molecule has 0 heterocycles. The van der Waals surface area contributed by atoms with Crippen molar-refractivity contribution in [1.29, 1.82) is 0 Å². The van der Waals surface area contributed by atoms with Crippen LogP contribution in [0, 0.1) is 0 Å². The van der Waals surface area contributed by atoms with Gasteiger partial charge in [0.15, 0.2) is 0 Å². The maximum Gasteiger partial charge on any atom is 0.376 e. The fraction of sp³-hybridized carbons (Fsp3) is 0.714. The van der Waals surface area contributed by atoms with Crippen molar-refractivity contribution in [3.63, 3.8) is 0 Å². The lowest BCUT2D eigenvalue weighted by Crippen LogP contribution is -2.13. The van der Waals surface area contributed by atoms with Gasteiger partial charge in [0, 0.05) is 39.6 Å². The molecule has 9 heteroatoms. The van der Waals surface area contributed by atoms with Crippen LogP contribution in [-0.2, 0) is 14.2 Å². The lowest BCUT2D eigenvalue weighted by molar-refractivity contribution is -0.181. The van der Waals surface area contributed by atoms with Crippen LogP contribution in [0.1, 0.15) is 59.3 Å². The van der Waals surface area contributed by atoms with Gasteiger partial charge < -0.3 is 14.2 Å². The Kier molecular flexibility index (Phi) is 21.8. The molecule has 0 fully saturated rings. The number of allylic oxidation sites excluding steroid dienone is 3. The number of hydrogen-bond donors (Lipinski definition) is 0. The summed E-state index contributed by atoms with van der Waals surface area (Å²) in [4.78, 5) is 0. The molecule has 0 rings (SSSR count). The molecule has 0 saturated heterocycles. The summed E-state index contributed by atoms with van der Waals surface area (Å²) in [6, 6.07) is 0. The van der Waals surface area contributed by atoms with E-state index in [1.165, 1.54) is 25.2 Å². The van der Waals surface area contributed by atoms with Gasteiger partial charge in [0.25, 0.3) is 0 Å². The highest BCUT2D eigenvalue weighted by atomic mass is 19.3. The van der Waals surface area contributed by atoms with E-state index >= 15 is 0 Å². The molecule has 0 aliphatic rings. The molecular formula is C21H36F6O3. The molecule has 180 valence electrons. The summed E-state index contributed by atoms with van der Waals surface area (Å²) in [5.74, 6) is 0. The highest BCUT2D eigenvalue weighted by Crippen LogP contribution is 2.16. The first-order valence-corrected chi connectivity index (χ1v) is 9.65. The standard InChI is InChI=1S/C9H16F2O.C7H12F2O.C5H8F2O/c1-3-4-5-6-7-8-9(10,11)12-2;1-3-4-5-6-7(8,9)10-2;1-3-4-5(6,7)8-2/h7-8H,3-6H2,1-2H3;5-6H,3-4H2,1-2H3;3-4H,1-2H3/b8-7+;6-5+;4-3+. The van der Waals surface area contributed by atoms with Crippen molar-refractivity contribution in [1.82, 2.24) is 0 Å². The highest BCUT2D eigenvalue weighted by Gasteiger charge is 2.23. The molecule has 0 N–H and O–H groups in total. The molecule has 0 spiro atoms. The van der Waals surface area contributed by atoms with Gasteiger partial charge in [0.05, 0.1) is 0 Å². The molecular weight excluding hydrogens is 414 g/mol. The SMILES string of the molecule is C/C=C/C(F)(F)OC.CCC/C=C/C(F)(F)OC.CCCCC/C=C/C(F)(F)OC. The minimum Gasteiger partial charge on any atom is -0.320 e. The average molecular weight is 451 g/mol. The molecule has 0 radical (unpaired) electrons. The zero-order valence-electron chi connectivity index (χ0n) is 18.7. The van der Waals surface area contributed by atoms with Crippen LogP contribution in [0.4, 0.5) is 26.3 Å². The second-order valence-electron chi connectivity index (χ2n) is 5.89. The molecule has 0 aromatic carbocycles. The third kappa shape index (κ3) is 26.7. The molecule has 30 heavy (non-hydrogen) atoms. The highest BCUT2D eigenvalue weighted by molar-refractivity contribution is 4.89. The van der Waals surface area contributed by atoms with Gasteiger partial charge in [-0.25, -0.2) is 0 Å². The van der Waals surface area contributed by atoms with Crippen LogP contribution in [0.2, 0.25) is 0 Å². The fourth-order valence-corrected chi connectivity index (χ4v) is 1.52. The van der Waals surface area contributed by atoms with Gasteiger partial charge in [-0.3, -0.25) is 0 Å². The zero-order valence-corrected chi connectivity index (χ0v) is 18.7. The quantitative estimate of drug-likeness (QED) is 0.173. The van der Waals surface area contributed by atoms with E-state index in [2.05, 4.69) is 21.1 Å². The molecule has 3 nitrogen and oxygen atoms in total. The van der Waals surface area contributed by atoms with E-state index in [-0.39, 0.29) is 0 Å². The van der Waals surface area contributed by atoms with E-state index in [9.17, 15) is 26.3 Å². The molecule has 0 aromatic rings. The topological polar surface area (TPSA) is 27.7 Å². The summed E-state index contributed by atoms with van der Waals surface area (Å²) in [5, 5.41) is 0. The van der Waals surface area contributed by atoms with Crippen LogP contribution in [0.5, 0.6) is 0 Å². The number of ether oxygens (including phenoxy) is 3. The number of halogens is 6. The van der Waals surface area contributed by atoms with Crippen molar-refractivity contribution in [2.75, 3.05) is 21.3 Å². The average Bonchev–Trinajstić information content (AvgIpc) is 2.69. The van der Waals surface area contributed by atoms with Gasteiger partial charge in [0.2, 0.25) is 0 Å². The van der Waals surface area contributed by atoms with Crippen molar-refractivity contribution in [2.45, 2.75) is 77.6 Å². The van der Waals surface area contributed by atoms with Gasteiger partial charge in [-0.15, -0.1) is 0 Å². The summed E-state index contributed by atoms with van der Waals surface area (Å²) in [7, 11) is 2.94. The van der Waals surface area contributed by atoms with Gasteiger partial charge >= 0.3 is 18.3 Å².